The number of rotatable bonds is 6. The van der Waals surface area contributed by atoms with E-state index in [0.29, 0.717) is 5.76 Å². The summed E-state index contributed by atoms with van der Waals surface area (Å²) < 4.78 is 5.04. The lowest BCUT2D eigenvalue weighted by Crippen LogP contribution is -2.38. The summed E-state index contributed by atoms with van der Waals surface area (Å²) in [5, 5.41) is 20.6. The average Bonchev–Trinajstić information content (AvgIpc) is 2.74. The molecule has 94 valence electrons. The maximum atomic E-state index is 10.6. The SMILES string of the molecule is CC(NCC(O)C(N)=O)c1ccc(C(=O)O)o1. The lowest BCUT2D eigenvalue weighted by molar-refractivity contribution is -0.125. The third-order valence-electron chi connectivity index (χ3n) is 2.21. The molecule has 7 nitrogen and oxygen atoms in total. The molecule has 0 radical (unpaired) electrons. The molecule has 2 unspecified atom stereocenters. The van der Waals surface area contributed by atoms with Gasteiger partial charge in [-0.15, -0.1) is 0 Å². The molecule has 0 spiro atoms. The summed E-state index contributed by atoms with van der Waals surface area (Å²) in [6, 6.07) is 2.51. The van der Waals surface area contributed by atoms with Crippen LogP contribution < -0.4 is 11.1 Å². The van der Waals surface area contributed by atoms with Crippen molar-refractivity contribution >= 4 is 11.9 Å². The van der Waals surface area contributed by atoms with E-state index in [4.69, 9.17) is 20.4 Å². The van der Waals surface area contributed by atoms with Gasteiger partial charge in [0.15, 0.2) is 0 Å². The number of nitrogens with two attached hydrogens (primary N) is 1. The highest BCUT2D eigenvalue weighted by molar-refractivity contribution is 5.84. The van der Waals surface area contributed by atoms with Gasteiger partial charge in [0.05, 0.1) is 6.04 Å². The fourth-order valence-corrected chi connectivity index (χ4v) is 1.19. The summed E-state index contributed by atoms with van der Waals surface area (Å²) in [6.07, 6.45) is -1.29. The van der Waals surface area contributed by atoms with E-state index in [1.165, 1.54) is 12.1 Å². The van der Waals surface area contributed by atoms with Crippen molar-refractivity contribution in [3.05, 3.63) is 23.7 Å². The lowest BCUT2D eigenvalue weighted by atomic mass is 10.2. The fourth-order valence-electron chi connectivity index (χ4n) is 1.19. The second-order valence-corrected chi connectivity index (χ2v) is 3.56. The molecule has 1 amide bonds. The minimum absolute atomic E-state index is 0.0282. The molecule has 5 N–H and O–H groups in total. The molecule has 1 heterocycles. The fraction of sp³-hybridized carbons (Fsp3) is 0.400. The molecule has 17 heavy (non-hydrogen) atoms. The van der Waals surface area contributed by atoms with Gasteiger partial charge in [-0.1, -0.05) is 0 Å². The molecular weight excluding hydrogens is 228 g/mol. The number of carboxylic acid groups (broad SMARTS) is 1. The Morgan fingerprint density at radius 3 is 2.65 bits per heavy atom. The molecule has 0 fully saturated rings. The standard InChI is InChI=1S/C10H14N2O5/c1-5(12-4-6(13)9(11)14)7-2-3-8(17-7)10(15)16/h2-3,5-6,12-13H,4H2,1H3,(H2,11,14)(H,15,16). The van der Waals surface area contributed by atoms with Gasteiger partial charge in [0.1, 0.15) is 11.9 Å². The monoisotopic (exact) mass is 242 g/mol. The van der Waals surface area contributed by atoms with Gasteiger partial charge in [0.25, 0.3) is 0 Å². The Morgan fingerprint density at radius 2 is 2.18 bits per heavy atom. The largest absolute Gasteiger partial charge is 0.475 e. The van der Waals surface area contributed by atoms with Crippen LogP contribution >= 0.6 is 0 Å². The Kier molecular flexibility index (Phi) is 4.24. The van der Waals surface area contributed by atoms with Gasteiger partial charge in [-0.25, -0.2) is 4.79 Å². The molecule has 0 aromatic carbocycles. The van der Waals surface area contributed by atoms with Crippen LogP contribution in [0.3, 0.4) is 0 Å². The van der Waals surface area contributed by atoms with E-state index in [1.807, 2.05) is 0 Å². The molecule has 0 aliphatic heterocycles. The normalized spacial score (nSPS) is 14.2. The Labute approximate surface area is 97.2 Å². The zero-order valence-corrected chi connectivity index (χ0v) is 9.21. The van der Waals surface area contributed by atoms with Crippen molar-refractivity contribution in [2.45, 2.75) is 19.1 Å². The highest BCUT2D eigenvalue weighted by atomic mass is 16.4. The molecule has 7 heteroatoms. The maximum absolute atomic E-state index is 10.6. The molecule has 2 atom stereocenters. The molecular formula is C10H14N2O5. The summed E-state index contributed by atoms with van der Waals surface area (Å²) >= 11 is 0. The van der Waals surface area contributed by atoms with E-state index < -0.39 is 18.0 Å². The van der Waals surface area contributed by atoms with Crippen molar-refractivity contribution in [3.63, 3.8) is 0 Å². The minimum Gasteiger partial charge on any atom is -0.475 e. The highest BCUT2D eigenvalue weighted by Crippen LogP contribution is 2.16. The smallest absolute Gasteiger partial charge is 0.371 e. The van der Waals surface area contributed by atoms with Crippen LogP contribution in [0.15, 0.2) is 16.5 Å². The Balaban J connectivity index is 2.54. The molecule has 1 aromatic rings. The second kappa shape index (κ2) is 5.46. The van der Waals surface area contributed by atoms with Crippen molar-refractivity contribution in [2.24, 2.45) is 5.73 Å². The third kappa shape index (κ3) is 3.58. The van der Waals surface area contributed by atoms with Crippen LogP contribution in [-0.4, -0.2) is 34.7 Å². The van der Waals surface area contributed by atoms with E-state index in [9.17, 15) is 9.59 Å². The van der Waals surface area contributed by atoms with E-state index in [0.717, 1.165) is 0 Å². The molecule has 0 aliphatic rings. The Hall–Kier alpha value is -1.86. The zero-order chi connectivity index (χ0) is 13.0. The summed E-state index contributed by atoms with van der Waals surface area (Å²) in [6.45, 7) is 1.68. The van der Waals surface area contributed by atoms with Crippen LogP contribution in [0, 0.1) is 0 Å². The number of carbonyl (C=O) groups is 2. The molecule has 0 saturated heterocycles. The molecule has 0 bridgehead atoms. The number of carboxylic acids is 1. The Bertz CT molecular complexity index is 415. The van der Waals surface area contributed by atoms with Crippen LogP contribution in [0.1, 0.15) is 29.3 Å². The van der Waals surface area contributed by atoms with E-state index in [-0.39, 0.29) is 18.3 Å². The van der Waals surface area contributed by atoms with E-state index >= 15 is 0 Å². The predicted molar refractivity (Wildman–Crippen MR) is 57.3 cm³/mol. The van der Waals surface area contributed by atoms with Crippen LogP contribution in [0.2, 0.25) is 0 Å². The van der Waals surface area contributed by atoms with Gasteiger partial charge >= 0.3 is 5.97 Å². The number of hydrogen-bond donors (Lipinski definition) is 4. The summed E-state index contributed by atoms with van der Waals surface area (Å²) in [5.74, 6) is -1.74. The van der Waals surface area contributed by atoms with Gasteiger partial charge < -0.3 is 25.7 Å². The van der Waals surface area contributed by atoms with Gasteiger partial charge in [-0.3, -0.25) is 4.79 Å². The number of primary amides is 1. The first-order chi connectivity index (χ1) is 7.91. The number of hydrogen-bond acceptors (Lipinski definition) is 5. The van der Waals surface area contributed by atoms with Gasteiger partial charge in [0.2, 0.25) is 11.7 Å². The molecule has 0 aliphatic carbocycles. The summed E-state index contributed by atoms with van der Waals surface area (Å²) in [5.41, 5.74) is 4.87. The van der Waals surface area contributed by atoms with Gasteiger partial charge in [-0.05, 0) is 19.1 Å². The van der Waals surface area contributed by atoms with Crippen molar-refractivity contribution in [2.75, 3.05) is 6.54 Å². The van der Waals surface area contributed by atoms with Gasteiger partial charge in [-0.2, -0.15) is 0 Å². The zero-order valence-electron chi connectivity index (χ0n) is 9.21. The first kappa shape index (κ1) is 13.2. The number of carbonyl (C=O) groups excluding carboxylic acids is 1. The lowest BCUT2D eigenvalue weighted by Gasteiger charge is -2.13. The molecule has 1 aromatic heterocycles. The van der Waals surface area contributed by atoms with Crippen molar-refractivity contribution < 1.29 is 24.2 Å². The van der Waals surface area contributed by atoms with Crippen molar-refractivity contribution in [3.8, 4) is 0 Å². The summed E-state index contributed by atoms with van der Waals surface area (Å²) in [7, 11) is 0. The first-order valence-corrected chi connectivity index (χ1v) is 4.95. The van der Waals surface area contributed by atoms with Crippen LogP contribution in [0.25, 0.3) is 0 Å². The third-order valence-corrected chi connectivity index (χ3v) is 2.21. The molecule has 1 rings (SSSR count). The summed E-state index contributed by atoms with van der Waals surface area (Å²) in [4.78, 5) is 21.1. The van der Waals surface area contributed by atoms with Crippen LogP contribution in [0.5, 0.6) is 0 Å². The average molecular weight is 242 g/mol. The molecule has 0 saturated carbocycles. The number of aliphatic hydroxyl groups excluding tert-OH is 1. The van der Waals surface area contributed by atoms with Crippen LogP contribution in [-0.2, 0) is 4.79 Å². The first-order valence-electron chi connectivity index (χ1n) is 4.95. The van der Waals surface area contributed by atoms with Gasteiger partial charge in [0, 0.05) is 6.54 Å². The number of nitrogens with one attached hydrogen (secondary N) is 1. The van der Waals surface area contributed by atoms with Crippen molar-refractivity contribution in [1.29, 1.82) is 0 Å². The van der Waals surface area contributed by atoms with Crippen molar-refractivity contribution in [1.82, 2.24) is 5.32 Å². The maximum Gasteiger partial charge on any atom is 0.371 e. The van der Waals surface area contributed by atoms with Crippen LogP contribution in [0.4, 0.5) is 0 Å². The van der Waals surface area contributed by atoms with E-state index in [2.05, 4.69) is 5.32 Å². The number of amides is 1. The number of aliphatic hydroxyl groups is 1. The second-order valence-electron chi connectivity index (χ2n) is 3.56. The quantitative estimate of drug-likeness (QED) is 0.531. The number of aromatic carboxylic acids is 1. The topological polar surface area (TPSA) is 126 Å². The highest BCUT2D eigenvalue weighted by Gasteiger charge is 2.16. The number of furan rings is 1. The minimum atomic E-state index is -1.29. The van der Waals surface area contributed by atoms with E-state index in [1.54, 1.807) is 6.92 Å². The predicted octanol–water partition coefficient (Wildman–Crippen LogP) is -0.525. The Morgan fingerprint density at radius 1 is 1.53 bits per heavy atom.